The molecule has 0 radical (unpaired) electrons. The number of oxime groups is 1. The first-order chi connectivity index (χ1) is 8.65. The van der Waals surface area contributed by atoms with E-state index in [-0.39, 0.29) is 5.56 Å². The van der Waals surface area contributed by atoms with Gasteiger partial charge >= 0.3 is 0 Å². The van der Waals surface area contributed by atoms with E-state index in [0.717, 1.165) is 11.4 Å². The van der Waals surface area contributed by atoms with E-state index in [0.29, 0.717) is 11.3 Å². The Labute approximate surface area is 105 Å². The number of rotatable bonds is 3. The van der Waals surface area contributed by atoms with Gasteiger partial charge < -0.3 is 4.84 Å². The predicted octanol–water partition coefficient (Wildman–Crippen LogP) is 1.84. The molecule has 0 saturated heterocycles. The van der Waals surface area contributed by atoms with Crippen LogP contribution in [0.15, 0.2) is 40.3 Å². The van der Waals surface area contributed by atoms with Crippen molar-refractivity contribution in [2.24, 2.45) is 5.16 Å². The summed E-state index contributed by atoms with van der Waals surface area (Å²) in [7, 11) is 1.46. The maximum atomic E-state index is 12.3. The van der Waals surface area contributed by atoms with Crippen LogP contribution in [0.3, 0.4) is 0 Å². The number of H-pyrrole nitrogens is 1. The van der Waals surface area contributed by atoms with Crippen molar-refractivity contribution in [1.82, 2.24) is 9.78 Å². The molecule has 0 unspecified atom stereocenters. The number of para-hydroxylation sites is 1. The molecule has 1 N–H and O–H groups in total. The van der Waals surface area contributed by atoms with E-state index in [1.54, 1.807) is 6.92 Å². The van der Waals surface area contributed by atoms with Crippen LogP contribution in [0.25, 0.3) is 5.69 Å². The zero-order valence-electron chi connectivity index (χ0n) is 10.6. The molecule has 5 heteroatoms. The van der Waals surface area contributed by atoms with E-state index >= 15 is 0 Å². The Morgan fingerprint density at radius 2 is 2.00 bits per heavy atom. The smallest absolute Gasteiger partial charge is 0.280 e. The van der Waals surface area contributed by atoms with Crippen molar-refractivity contribution in [3.8, 4) is 5.69 Å². The minimum absolute atomic E-state index is 0.128. The van der Waals surface area contributed by atoms with Gasteiger partial charge in [-0.3, -0.25) is 9.89 Å². The number of nitrogens with one attached hydrogen (secondary N) is 1. The lowest BCUT2D eigenvalue weighted by Crippen LogP contribution is -2.19. The molecule has 0 amide bonds. The second-order valence-corrected chi connectivity index (χ2v) is 3.95. The number of hydrogen-bond donors (Lipinski definition) is 1. The van der Waals surface area contributed by atoms with E-state index < -0.39 is 0 Å². The fraction of sp³-hybridized carbons (Fsp3) is 0.231. The van der Waals surface area contributed by atoms with Gasteiger partial charge in [0.05, 0.1) is 17.0 Å². The molecule has 0 aliphatic rings. The summed E-state index contributed by atoms with van der Waals surface area (Å²) in [4.78, 5) is 17.0. The van der Waals surface area contributed by atoms with Crippen molar-refractivity contribution in [3.63, 3.8) is 0 Å². The van der Waals surface area contributed by atoms with Crippen molar-refractivity contribution >= 4 is 5.71 Å². The minimum Gasteiger partial charge on any atom is -0.399 e. The van der Waals surface area contributed by atoms with Gasteiger partial charge in [-0.25, -0.2) is 4.68 Å². The normalized spacial score (nSPS) is 11.6. The topological polar surface area (TPSA) is 59.4 Å². The molecule has 0 spiro atoms. The van der Waals surface area contributed by atoms with Gasteiger partial charge in [-0.05, 0) is 26.0 Å². The molecule has 0 atom stereocenters. The van der Waals surface area contributed by atoms with Gasteiger partial charge in [0, 0.05) is 5.69 Å². The van der Waals surface area contributed by atoms with E-state index in [2.05, 4.69) is 10.3 Å². The number of aromatic nitrogens is 2. The zero-order chi connectivity index (χ0) is 13.1. The van der Waals surface area contributed by atoms with Gasteiger partial charge in [-0.15, -0.1) is 0 Å². The molecule has 1 aromatic carbocycles. The summed E-state index contributed by atoms with van der Waals surface area (Å²) in [5.41, 5.74) is 2.54. The standard InChI is InChI=1S/C13H15N3O2/c1-9-12(10(2)15-18-3)13(17)16(14-9)11-7-5-4-6-8-11/h4-8,14H,1-3H3/b15-10-. The minimum atomic E-state index is -0.128. The number of benzene rings is 1. The maximum Gasteiger partial charge on any atom is 0.280 e. The van der Waals surface area contributed by atoms with Crippen LogP contribution in [-0.4, -0.2) is 22.6 Å². The molecule has 1 heterocycles. The molecule has 94 valence electrons. The molecular weight excluding hydrogens is 230 g/mol. The zero-order valence-corrected chi connectivity index (χ0v) is 10.6. The number of aromatic amines is 1. The van der Waals surface area contributed by atoms with Gasteiger partial charge in [0.25, 0.3) is 5.56 Å². The Kier molecular flexibility index (Phi) is 3.32. The Morgan fingerprint density at radius 3 is 2.61 bits per heavy atom. The van der Waals surface area contributed by atoms with Crippen LogP contribution in [0.1, 0.15) is 18.2 Å². The average molecular weight is 245 g/mol. The second kappa shape index (κ2) is 4.91. The summed E-state index contributed by atoms with van der Waals surface area (Å²) in [6.45, 7) is 3.58. The summed E-state index contributed by atoms with van der Waals surface area (Å²) < 4.78 is 1.50. The predicted molar refractivity (Wildman–Crippen MR) is 70.3 cm³/mol. The van der Waals surface area contributed by atoms with Crippen LogP contribution in [0, 0.1) is 6.92 Å². The van der Waals surface area contributed by atoms with Gasteiger partial charge in [-0.1, -0.05) is 23.4 Å². The molecule has 18 heavy (non-hydrogen) atoms. The van der Waals surface area contributed by atoms with Crippen LogP contribution in [0.2, 0.25) is 0 Å². The van der Waals surface area contributed by atoms with Crippen LogP contribution in [-0.2, 0) is 4.84 Å². The quantitative estimate of drug-likeness (QED) is 0.662. The van der Waals surface area contributed by atoms with Crippen molar-refractivity contribution < 1.29 is 4.84 Å². The third kappa shape index (κ3) is 2.07. The summed E-state index contributed by atoms with van der Waals surface area (Å²) in [5.74, 6) is 0. The van der Waals surface area contributed by atoms with Gasteiger partial charge in [0.15, 0.2) is 0 Å². The monoisotopic (exact) mass is 245 g/mol. The molecule has 0 aliphatic carbocycles. The first kappa shape index (κ1) is 12.2. The highest BCUT2D eigenvalue weighted by Crippen LogP contribution is 2.07. The molecule has 0 saturated carbocycles. The van der Waals surface area contributed by atoms with Crippen LogP contribution in [0.5, 0.6) is 0 Å². The van der Waals surface area contributed by atoms with Crippen molar-refractivity contribution in [2.75, 3.05) is 7.11 Å². The lowest BCUT2D eigenvalue weighted by atomic mass is 10.2. The lowest BCUT2D eigenvalue weighted by molar-refractivity contribution is 0.213. The number of nitrogens with zero attached hydrogens (tertiary/aromatic N) is 2. The first-order valence-corrected chi connectivity index (χ1v) is 5.60. The fourth-order valence-corrected chi connectivity index (χ4v) is 1.91. The summed E-state index contributed by atoms with van der Waals surface area (Å²) in [5, 5.41) is 6.84. The largest absolute Gasteiger partial charge is 0.399 e. The van der Waals surface area contributed by atoms with E-state index in [1.165, 1.54) is 11.8 Å². The molecule has 0 bridgehead atoms. The molecule has 5 nitrogen and oxygen atoms in total. The fourth-order valence-electron chi connectivity index (χ4n) is 1.91. The number of hydrogen-bond acceptors (Lipinski definition) is 3. The lowest BCUT2D eigenvalue weighted by Gasteiger charge is -1.99. The van der Waals surface area contributed by atoms with Crippen LogP contribution in [0.4, 0.5) is 0 Å². The highest BCUT2D eigenvalue weighted by molar-refractivity contribution is 5.99. The molecule has 2 aromatic rings. The average Bonchev–Trinajstić information content (AvgIpc) is 2.66. The van der Waals surface area contributed by atoms with Gasteiger partial charge in [0.2, 0.25) is 0 Å². The van der Waals surface area contributed by atoms with Crippen LogP contribution >= 0.6 is 0 Å². The Bertz CT molecular complexity index is 623. The third-order valence-electron chi connectivity index (χ3n) is 2.68. The van der Waals surface area contributed by atoms with Crippen LogP contribution < -0.4 is 5.56 Å². The summed E-state index contributed by atoms with van der Waals surface area (Å²) in [6.07, 6.45) is 0. The highest BCUT2D eigenvalue weighted by Gasteiger charge is 2.14. The van der Waals surface area contributed by atoms with E-state index in [1.807, 2.05) is 37.3 Å². The van der Waals surface area contributed by atoms with Crippen molar-refractivity contribution in [3.05, 3.63) is 51.9 Å². The summed E-state index contributed by atoms with van der Waals surface area (Å²) in [6, 6.07) is 9.40. The second-order valence-electron chi connectivity index (χ2n) is 3.95. The molecule has 2 rings (SSSR count). The Morgan fingerprint density at radius 1 is 1.33 bits per heavy atom. The third-order valence-corrected chi connectivity index (χ3v) is 2.68. The SMILES string of the molecule is CO/N=C(/C)c1c(C)[nH]n(-c2ccccc2)c1=O. The maximum absolute atomic E-state index is 12.3. The highest BCUT2D eigenvalue weighted by atomic mass is 16.6. The van der Waals surface area contributed by atoms with Gasteiger partial charge in [0.1, 0.15) is 7.11 Å². The Hall–Kier alpha value is -2.30. The molecule has 0 aliphatic heterocycles. The first-order valence-electron chi connectivity index (χ1n) is 5.60. The Balaban J connectivity index is 2.58. The molecule has 1 aromatic heterocycles. The molecule has 0 fully saturated rings. The van der Waals surface area contributed by atoms with Crippen molar-refractivity contribution in [2.45, 2.75) is 13.8 Å². The van der Waals surface area contributed by atoms with E-state index in [9.17, 15) is 4.79 Å². The number of aryl methyl sites for hydroxylation is 1. The molecular formula is C13H15N3O2. The van der Waals surface area contributed by atoms with Crippen molar-refractivity contribution in [1.29, 1.82) is 0 Å². The van der Waals surface area contributed by atoms with Gasteiger partial charge in [-0.2, -0.15) is 0 Å². The summed E-state index contributed by atoms with van der Waals surface area (Å²) >= 11 is 0. The van der Waals surface area contributed by atoms with E-state index in [4.69, 9.17) is 4.84 Å².